The lowest BCUT2D eigenvalue weighted by Gasteiger charge is -2.31. The van der Waals surface area contributed by atoms with Gasteiger partial charge in [0.05, 0.1) is 5.69 Å². The van der Waals surface area contributed by atoms with Gasteiger partial charge in [-0.1, -0.05) is 42.5 Å². The Labute approximate surface area is 163 Å². The highest BCUT2D eigenvalue weighted by atomic mass is 19.1. The van der Waals surface area contributed by atoms with Crippen LogP contribution in [0.15, 0.2) is 60.7 Å². The van der Waals surface area contributed by atoms with Crippen molar-refractivity contribution < 1.29 is 13.6 Å². The van der Waals surface area contributed by atoms with Gasteiger partial charge in [-0.2, -0.15) is 0 Å². The molecule has 3 nitrogen and oxygen atoms in total. The van der Waals surface area contributed by atoms with Crippen molar-refractivity contribution >= 4 is 22.4 Å². The van der Waals surface area contributed by atoms with Crippen LogP contribution in [0.3, 0.4) is 0 Å². The van der Waals surface area contributed by atoms with Gasteiger partial charge < -0.3 is 5.32 Å². The molecule has 3 aromatic carbocycles. The van der Waals surface area contributed by atoms with E-state index < -0.39 is 11.6 Å². The van der Waals surface area contributed by atoms with Gasteiger partial charge in [0.15, 0.2) is 0 Å². The minimum Gasteiger partial charge on any atom is -0.323 e. The van der Waals surface area contributed by atoms with Crippen molar-refractivity contribution in [3.8, 4) is 0 Å². The number of carbonyl (C=O) groups excluding carboxylic acids is 1. The smallest absolute Gasteiger partial charge is 0.227 e. The molecule has 0 spiro atoms. The SMILES string of the molecule is O=C(Nc1ccc(F)cc1F)C1CCN(Cc2cccc3ccccc23)CC1. The number of amides is 1. The van der Waals surface area contributed by atoms with Gasteiger partial charge in [-0.05, 0) is 54.4 Å². The Morgan fingerprint density at radius 3 is 2.54 bits per heavy atom. The lowest BCUT2D eigenvalue weighted by molar-refractivity contribution is -0.121. The third kappa shape index (κ3) is 4.04. The molecule has 1 aliphatic heterocycles. The number of carbonyl (C=O) groups is 1. The molecular weight excluding hydrogens is 358 g/mol. The summed E-state index contributed by atoms with van der Waals surface area (Å²) in [6.07, 6.45) is 1.44. The second kappa shape index (κ2) is 8.07. The van der Waals surface area contributed by atoms with Crippen LogP contribution in [0.25, 0.3) is 10.8 Å². The highest BCUT2D eigenvalue weighted by Gasteiger charge is 2.25. The highest BCUT2D eigenvalue weighted by Crippen LogP contribution is 2.25. The van der Waals surface area contributed by atoms with E-state index in [1.807, 2.05) is 6.07 Å². The number of nitrogens with zero attached hydrogens (tertiary/aromatic N) is 1. The molecule has 0 saturated carbocycles. The predicted molar refractivity (Wildman–Crippen MR) is 107 cm³/mol. The molecule has 1 aliphatic rings. The molecule has 1 fully saturated rings. The number of likely N-dealkylation sites (tertiary alicyclic amines) is 1. The third-order valence-corrected chi connectivity index (χ3v) is 5.42. The van der Waals surface area contributed by atoms with Crippen LogP contribution in [0, 0.1) is 17.6 Å². The van der Waals surface area contributed by atoms with Crippen molar-refractivity contribution in [3.63, 3.8) is 0 Å². The first-order valence-corrected chi connectivity index (χ1v) is 9.55. The molecule has 1 N–H and O–H groups in total. The van der Waals surface area contributed by atoms with E-state index in [4.69, 9.17) is 0 Å². The van der Waals surface area contributed by atoms with Crippen molar-refractivity contribution in [1.29, 1.82) is 0 Å². The molecule has 0 atom stereocenters. The molecule has 1 amide bonds. The Hall–Kier alpha value is -2.79. The number of fused-ring (bicyclic) bond motifs is 1. The normalized spacial score (nSPS) is 15.6. The number of nitrogens with one attached hydrogen (secondary N) is 1. The molecule has 3 aromatic rings. The summed E-state index contributed by atoms with van der Waals surface area (Å²) in [5.41, 5.74) is 1.32. The maximum absolute atomic E-state index is 13.7. The van der Waals surface area contributed by atoms with Crippen molar-refractivity contribution in [2.45, 2.75) is 19.4 Å². The molecule has 1 heterocycles. The lowest BCUT2D eigenvalue weighted by Crippen LogP contribution is -2.37. The van der Waals surface area contributed by atoms with E-state index in [1.165, 1.54) is 22.4 Å². The van der Waals surface area contributed by atoms with E-state index in [0.29, 0.717) is 0 Å². The summed E-state index contributed by atoms with van der Waals surface area (Å²) < 4.78 is 26.7. The Kier molecular flexibility index (Phi) is 5.35. The van der Waals surface area contributed by atoms with Crippen LogP contribution in [0.2, 0.25) is 0 Å². The van der Waals surface area contributed by atoms with Crippen molar-refractivity contribution in [2.75, 3.05) is 18.4 Å². The molecule has 28 heavy (non-hydrogen) atoms. The van der Waals surface area contributed by atoms with Gasteiger partial charge in [-0.15, -0.1) is 0 Å². The maximum Gasteiger partial charge on any atom is 0.227 e. The number of hydrogen-bond acceptors (Lipinski definition) is 2. The van der Waals surface area contributed by atoms with E-state index in [9.17, 15) is 13.6 Å². The number of benzene rings is 3. The van der Waals surface area contributed by atoms with Crippen LogP contribution >= 0.6 is 0 Å². The Morgan fingerprint density at radius 1 is 1.00 bits per heavy atom. The van der Waals surface area contributed by atoms with Gasteiger partial charge in [0.25, 0.3) is 0 Å². The van der Waals surface area contributed by atoms with Gasteiger partial charge in [-0.25, -0.2) is 8.78 Å². The zero-order valence-corrected chi connectivity index (χ0v) is 15.5. The summed E-state index contributed by atoms with van der Waals surface area (Å²) >= 11 is 0. The molecular formula is C23H22F2N2O. The second-order valence-corrected chi connectivity index (χ2v) is 7.30. The Bertz CT molecular complexity index is 992. The van der Waals surface area contributed by atoms with Crippen LogP contribution in [-0.2, 0) is 11.3 Å². The lowest BCUT2D eigenvalue weighted by atomic mass is 9.95. The van der Waals surface area contributed by atoms with E-state index in [-0.39, 0.29) is 17.5 Å². The molecule has 144 valence electrons. The third-order valence-electron chi connectivity index (χ3n) is 5.42. The van der Waals surface area contributed by atoms with Crippen molar-refractivity contribution in [2.24, 2.45) is 5.92 Å². The highest BCUT2D eigenvalue weighted by molar-refractivity contribution is 5.92. The van der Waals surface area contributed by atoms with Gasteiger partial charge in [0.2, 0.25) is 5.91 Å². The van der Waals surface area contributed by atoms with Gasteiger partial charge in [-0.3, -0.25) is 9.69 Å². The number of piperidine rings is 1. The first kappa shape index (κ1) is 18.6. The maximum atomic E-state index is 13.7. The average Bonchev–Trinajstić information content (AvgIpc) is 2.71. The van der Waals surface area contributed by atoms with Crippen molar-refractivity contribution in [3.05, 3.63) is 77.9 Å². The van der Waals surface area contributed by atoms with E-state index in [0.717, 1.165) is 44.6 Å². The molecule has 4 rings (SSSR count). The zero-order chi connectivity index (χ0) is 19.5. The van der Waals surface area contributed by atoms with E-state index in [1.54, 1.807) is 0 Å². The van der Waals surface area contributed by atoms with Crippen LogP contribution in [-0.4, -0.2) is 23.9 Å². The molecule has 0 unspecified atom stereocenters. The fourth-order valence-electron chi connectivity index (χ4n) is 3.85. The standard InChI is InChI=1S/C23H22F2N2O/c24-19-8-9-22(21(25)14-19)26-23(28)17-10-12-27(13-11-17)15-18-6-3-5-16-4-1-2-7-20(16)18/h1-9,14,17H,10-13,15H2,(H,26,28). The topological polar surface area (TPSA) is 32.3 Å². The number of rotatable bonds is 4. The predicted octanol–water partition coefficient (Wildman–Crippen LogP) is 4.97. The molecule has 0 aliphatic carbocycles. The van der Waals surface area contributed by atoms with Crippen LogP contribution in [0.5, 0.6) is 0 Å². The average molecular weight is 380 g/mol. The number of halogens is 2. The zero-order valence-electron chi connectivity index (χ0n) is 15.5. The Balaban J connectivity index is 1.36. The summed E-state index contributed by atoms with van der Waals surface area (Å²) in [5.74, 6) is -1.76. The number of anilines is 1. The summed E-state index contributed by atoms with van der Waals surface area (Å²) in [7, 11) is 0. The van der Waals surface area contributed by atoms with Gasteiger partial charge in [0.1, 0.15) is 11.6 Å². The van der Waals surface area contributed by atoms with Crippen LogP contribution < -0.4 is 5.32 Å². The Morgan fingerprint density at radius 2 is 1.75 bits per heavy atom. The van der Waals surface area contributed by atoms with Gasteiger partial charge >= 0.3 is 0 Å². The summed E-state index contributed by atoms with van der Waals surface area (Å²) in [5, 5.41) is 5.09. The van der Waals surface area contributed by atoms with E-state index >= 15 is 0 Å². The molecule has 0 bridgehead atoms. The van der Waals surface area contributed by atoms with Crippen molar-refractivity contribution in [1.82, 2.24) is 4.90 Å². The van der Waals surface area contributed by atoms with E-state index in [2.05, 4.69) is 46.6 Å². The summed E-state index contributed by atoms with van der Waals surface area (Å²) in [4.78, 5) is 14.8. The minimum atomic E-state index is -0.748. The van der Waals surface area contributed by atoms with Crippen LogP contribution in [0.4, 0.5) is 14.5 Å². The molecule has 5 heteroatoms. The second-order valence-electron chi connectivity index (χ2n) is 7.30. The number of hydrogen-bond donors (Lipinski definition) is 1. The first-order chi connectivity index (χ1) is 13.6. The summed E-state index contributed by atoms with van der Waals surface area (Å²) in [6, 6.07) is 17.9. The van der Waals surface area contributed by atoms with Gasteiger partial charge in [0, 0.05) is 18.5 Å². The molecule has 0 aromatic heterocycles. The fourth-order valence-corrected chi connectivity index (χ4v) is 3.85. The quantitative estimate of drug-likeness (QED) is 0.693. The van der Waals surface area contributed by atoms with Crippen LogP contribution in [0.1, 0.15) is 18.4 Å². The monoisotopic (exact) mass is 380 g/mol. The molecule has 0 radical (unpaired) electrons. The minimum absolute atomic E-state index is 0.0320. The summed E-state index contributed by atoms with van der Waals surface area (Å²) in [6.45, 7) is 2.47. The first-order valence-electron chi connectivity index (χ1n) is 9.55. The molecule has 1 saturated heterocycles. The largest absolute Gasteiger partial charge is 0.323 e. The fraction of sp³-hybridized carbons (Fsp3) is 0.261.